The van der Waals surface area contributed by atoms with Gasteiger partial charge < -0.3 is 10.4 Å². The third-order valence-electron chi connectivity index (χ3n) is 2.87. The number of hydrogen-bond donors (Lipinski definition) is 2. The number of aliphatic hydroxyl groups is 1. The Morgan fingerprint density at radius 2 is 1.84 bits per heavy atom. The summed E-state index contributed by atoms with van der Waals surface area (Å²) in [5, 5.41) is 11.8. The molecule has 0 amide bonds. The van der Waals surface area contributed by atoms with Crippen molar-refractivity contribution in [3.05, 3.63) is 35.1 Å². The molecule has 1 aromatic carbocycles. The second kappa shape index (κ2) is 5.88. The molecule has 0 radical (unpaired) electrons. The molecule has 6 heteroatoms. The number of alkyl halides is 3. The summed E-state index contributed by atoms with van der Waals surface area (Å²) in [4.78, 5) is 0. The molecule has 0 heterocycles. The summed E-state index contributed by atoms with van der Waals surface area (Å²) in [6.07, 6.45) is -4.17. The fourth-order valence-electron chi connectivity index (χ4n) is 1.67. The van der Waals surface area contributed by atoms with Gasteiger partial charge in [-0.05, 0) is 38.0 Å². The lowest BCUT2D eigenvalue weighted by molar-refractivity contribution is -0.138. The Morgan fingerprint density at radius 1 is 1.21 bits per heavy atom. The van der Waals surface area contributed by atoms with Crippen LogP contribution in [0.4, 0.5) is 17.6 Å². The Balaban J connectivity index is 2.90. The van der Waals surface area contributed by atoms with Gasteiger partial charge in [0.1, 0.15) is 5.82 Å². The van der Waals surface area contributed by atoms with Crippen LogP contribution in [0, 0.1) is 5.82 Å². The zero-order chi connectivity index (χ0) is 14.7. The van der Waals surface area contributed by atoms with E-state index in [0.29, 0.717) is 12.5 Å². The fraction of sp³-hybridized carbons (Fsp3) is 0.538. The van der Waals surface area contributed by atoms with Gasteiger partial charge in [-0.15, -0.1) is 0 Å². The summed E-state index contributed by atoms with van der Waals surface area (Å²) in [5.74, 6) is -0.911. The van der Waals surface area contributed by atoms with Crippen molar-refractivity contribution in [2.75, 3.05) is 6.61 Å². The molecule has 0 aromatic heterocycles. The van der Waals surface area contributed by atoms with Crippen LogP contribution >= 0.6 is 0 Å². The molecule has 108 valence electrons. The number of rotatable bonds is 5. The average molecular weight is 279 g/mol. The molecule has 2 nitrogen and oxygen atoms in total. The van der Waals surface area contributed by atoms with Gasteiger partial charge in [0.15, 0.2) is 0 Å². The van der Waals surface area contributed by atoms with Crippen LogP contribution < -0.4 is 5.32 Å². The number of nitrogens with one attached hydrogen (secondary N) is 1. The topological polar surface area (TPSA) is 32.3 Å². The third kappa shape index (κ3) is 4.80. The van der Waals surface area contributed by atoms with E-state index in [9.17, 15) is 17.6 Å². The highest BCUT2D eigenvalue weighted by Crippen LogP contribution is 2.32. The van der Waals surface area contributed by atoms with Crippen molar-refractivity contribution in [3.63, 3.8) is 0 Å². The van der Waals surface area contributed by atoms with E-state index in [1.54, 1.807) is 13.8 Å². The first-order valence-corrected chi connectivity index (χ1v) is 5.87. The third-order valence-corrected chi connectivity index (χ3v) is 2.87. The minimum atomic E-state index is -4.58. The van der Waals surface area contributed by atoms with Gasteiger partial charge in [0, 0.05) is 18.7 Å². The highest BCUT2D eigenvalue weighted by Gasteiger charge is 2.34. The molecule has 0 aliphatic carbocycles. The van der Waals surface area contributed by atoms with Gasteiger partial charge in [-0.2, -0.15) is 13.2 Å². The average Bonchev–Trinajstić information content (AvgIpc) is 2.26. The molecule has 0 aliphatic heterocycles. The summed E-state index contributed by atoms with van der Waals surface area (Å²) >= 11 is 0. The van der Waals surface area contributed by atoms with E-state index in [0.717, 1.165) is 12.1 Å². The quantitative estimate of drug-likeness (QED) is 0.812. The molecular formula is C13H17F4NO. The molecule has 1 aromatic rings. The van der Waals surface area contributed by atoms with Crippen LogP contribution in [0.25, 0.3) is 0 Å². The van der Waals surface area contributed by atoms with Crippen molar-refractivity contribution < 1.29 is 22.7 Å². The largest absolute Gasteiger partial charge is 0.416 e. The van der Waals surface area contributed by atoms with Crippen LogP contribution in [0.1, 0.15) is 31.4 Å². The zero-order valence-corrected chi connectivity index (χ0v) is 10.8. The lowest BCUT2D eigenvalue weighted by atomic mass is 9.99. The summed E-state index contributed by atoms with van der Waals surface area (Å²) in [6.45, 7) is 3.46. The van der Waals surface area contributed by atoms with Crippen LogP contribution in [-0.2, 0) is 12.7 Å². The minimum absolute atomic E-state index is 0.0140. The first-order valence-electron chi connectivity index (χ1n) is 5.87. The van der Waals surface area contributed by atoms with Gasteiger partial charge in [0.2, 0.25) is 0 Å². The molecule has 0 aliphatic rings. The molecular weight excluding hydrogens is 262 g/mol. The van der Waals surface area contributed by atoms with Crippen molar-refractivity contribution in [2.45, 2.75) is 38.5 Å². The summed E-state index contributed by atoms with van der Waals surface area (Å²) in [7, 11) is 0. The Hall–Kier alpha value is -1.14. The molecule has 2 N–H and O–H groups in total. The predicted octanol–water partition coefficient (Wildman–Crippen LogP) is 3.10. The molecule has 0 fully saturated rings. The van der Waals surface area contributed by atoms with Crippen molar-refractivity contribution in [1.82, 2.24) is 5.32 Å². The van der Waals surface area contributed by atoms with E-state index in [1.165, 1.54) is 0 Å². The Kier molecular flexibility index (Phi) is 4.92. The maximum Gasteiger partial charge on any atom is 0.416 e. The summed E-state index contributed by atoms with van der Waals surface area (Å²) in [5.41, 5.74) is -1.48. The van der Waals surface area contributed by atoms with Crippen molar-refractivity contribution in [3.8, 4) is 0 Å². The second-order valence-corrected chi connectivity index (χ2v) is 5.01. The monoisotopic (exact) mass is 279 g/mol. The minimum Gasteiger partial charge on any atom is -0.396 e. The normalized spacial score (nSPS) is 12.8. The van der Waals surface area contributed by atoms with Crippen molar-refractivity contribution in [2.24, 2.45) is 0 Å². The zero-order valence-electron chi connectivity index (χ0n) is 10.8. The van der Waals surface area contributed by atoms with E-state index in [-0.39, 0.29) is 18.7 Å². The van der Waals surface area contributed by atoms with Crippen LogP contribution in [0.2, 0.25) is 0 Å². The molecule has 0 unspecified atom stereocenters. The number of benzene rings is 1. The van der Waals surface area contributed by atoms with Crippen LogP contribution in [0.5, 0.6) is 0 Å². The van der Waals surface area contributed by atoms with Gasteiger partial charge in [-0.25, -0.2) is 4.39 Å². The Bertz CT molecular complexity index is 429. The smallest absolute Gasteiger partial charge is 0.396 e. The first kappa shape index (κ1) is 15.9. The van der Waals surface area contributed by atoms with E-state index in [1.807, 2.05) is 0 Å². The molecule has 0 spiro atoms. The molecule has 19 heavy (non-hydrogen) atoms. The number of halogens is 4. The summed E-state index contributed by atoms with van der Waals surface area (Å²) in [6, 6.07) is 2.63. The van der Waals surface area contributed by atoms with Crippen molar-refractivity contribution >= 4 is 0 Å². The SMILES string of the molecule is CC(C)(CCO)NCc1ccc(F)cc1C(F)(F)F. The molecule has 0 bridgehead atoms. The predicted molar refractivity (Wildman–Crippen MR) is 64.0 cm³/mol. The van der Waals surface area contributed by atoms with Crippen LogP contribution in [0.3, 0.4) is 0 Å². The van der Waals surface area contributed by atoms with Crippen LogP contribution in [0.15, 0.2) is 18.2 Å². The first-order chi connectivity index (χ1) is 8.65. The maximum absolute atomic E-state index is 12.9. The van der Waals surface area contributed by atoms with Crippen LogP contribution in [-0.4, -0.2) is 17.3 Å². The number of aliphatic hydroxyl groups excluding tert-OH is 1. The highest BCUT2D eigenvalue weighted by molar-refractivity contribution is 5.30. The lowest BCUT2D eigenvalue weighted by Crippen LogP contribution is -2.39. The summed E-state index contributed by atoms with van der Waals surface area (Å²) < 4.78 is 51.2. The van der Waals surface area contributed by atoms with Gasteiger partial charge in [-0.1, -0.05) is 6.07 Å². The van der Waals surface area contributed by atoms with E-state index < -0.39 is 23.1 Å². The standard InChI is InChI=1S/C13H17F4NO/c1-12(2,5-6-19)18-8-9-3-4-10(14)7-11(9)13(15,16)17/h3-4,7,18-19H,5-6,8H2,1-2H3. The van der Waals surface area contributed by atoms with Gasteiger partial charge in [-0.3, -0.25) is 0 Å². The molecule has 0 atom stereocenters. The van der Waals surface area contributed by atoms with Gasteiger partial charge in [0.25, 0.3) is 0 Å². The van der Waals surface area contributed by atoms with Gasteiger partial charge in [0.05, 0.1) is 5.56 Å². The number of hydrogen-bond acceptors (Lipinski definition) is 2. The molecule has 1 rings (SSSR count). The fourth-order valence-corrected chi connectivity index (χ4v) is 1.67. The Labute approximate surface area is 109 Å². The molecule has 0 saturated carbocycles. The van der Waals surface area contributed by atoms with E-state index in [2.05, 4.69) is 5.32 Å². The Morgan fingerprint density at radius 3 is 2.37 bits per heavy atom. The highest BCUT2D eigenvalue weighted by atomic mass is 19.4. The van der Waals surface area contributed by atoms with Crippen molar-refractivity contribution in [1.29, 1.82) is 0 Å². The maximum atomic E-state index is 12.9. The van der Waals surface area contributed by atoms with Gasteiger partial charge >= 0.3 is 6.18 Å². The lowest BCUT2D eigenvalue weighted by Gasteiger charge is -2.26. The second-order valence-electron chi connectivity index (χ2n) is 5.01. The molecule has 0 saturated heterocycles. The van der Waals surface area contributed by atoms with E-state index in [4.69, 9.17) is 5.11 Å². The van der Waals surface area contributed by atoms with E-state index >= 15 is 0 Å².